The molecule has 0 saturated carbocycles. The van der Waals surface area contributed by atoms with E-state index in [0.717, 1.165) is 0 Å². The summed E-state index contributed by atoms with van der Waals surface area (Å²) in [6.45, 7) is 3.37. The highest BCUT2D eigenvalue weighted by molar-refractivity contribution is 6.02. The minimum atomic E-state index is -5.47. The van der Waals surface area contributed by atoms with Crippen LogP contribution in [0.2, 0.25) is 0 Å². The molecule has 208 valence electrons. The Hall–Kier alpha value is -3.76. The first kappa shape index (κ1) is 28.3. The highest BCUT2D eigenvalue weighted by Gasteiger charge is 2.63. The third-order valence-corrected chi connectivity index (χ3v) is 6.61. The molecule has 1 fully saturated rings. The lowest BCUT2D eigenvalue weighted by molar-refractivity contribution is -0.276. The first-order valence-corrected chi connectivity index (χ1v) is 11.4. The molecule has 0 radical (unpaired) electrons. The maximum atomic E-state index is 15.4. The van der Waals surface area contributed by atoms with Gasteiger partial charge in [0.05, 0.1) is 24.4 Å². The number of benzene rings is 2. The molecule has 1 atom stereocenters. The van der Waals surface area contributed by atoms with Crippen molar-refractivity contribution >= 4 is 11.5 Å². The molecule has 2 aliphatic rings. The van der Waals surface area contributed by atoms with Crippen molar-refractivity contribution in [3.63, 3.8) is 0 Å². The van der Waals surface area contributed by atoms with Gasteiger partial charge >= 0.3 is 12.4 Å². The number of likely N-dealkylation sites (tertiary alicyclic amines) is 1. The summed E-state index contributed by atoms with van der Waals surface area (Å²) in [4.78, 5) is 9.92. The third kappa shape index (κ3) is 4.90. The molecular formula is C25H19F9N4O. The molecule has 1 unspecified atom stereocenters. The summed E-state index contributed by atoms with van der Waals surface area (Å²) in [5, 5.41) is 12.2. The van der Waals surface area contributed by atoms with Crippen molar-refractivity contribution in [3.05, 3.63) is 70.3 Å². The molecule has 0 spiro atoms. The van der Waals surface area contributed by atoms with E-state index in [0.29, 0.717) is 5.84 Å². The van der Waals surface area contributed by atoms with Crippen molar-refractivity contribution in [1.29, 1.82) is 5.26 Å². The highest BCUT2D eigenvalue weighted by atomic mass is 19.4. The van der Waals surface area contributed by atoms with Crippen molar-refractivity contribution < 1.29 is 44.4 Å². The first-order valence-electron chi connectivity index (χ1n) is 11.4. The monoisotopic (exact) mass is 562 g/mol. The topological polar surface area (TPSA) is 61.0 Å². The lowest BCUT2D eigenvalue weighted by Gasteiger charge is -2.47. The summed E-state index contributed by atoms with van der Waals surface area (Å²) in [7, 11) is 0. The summed E-state index contributed by atoms with van der Waals surface area (Å²) in [6, 6.07) is 5.02. The Balaban J connectivity index is 1.59. The zero-order chi connectivity index (χ0) is 29.0. The van der Waals surface area contributed by atoms with Crippen molar-refractivity contribution in [2.75, 3.05) is 13.1 Å². The molecular weight excluding hydrogens is 543 g/mol. The zero-order valence-corrected chi connectivity index (χ0v) is 20.3. The van der Waals surface area contributed by atoms with Gasteiger partial charge in [-0.05, 0) is 23.3 Å². The van der Waals surface area contributed by atoms with Crippen molar-refractivity contribution in [2.45, 2.75) is 43.9 Å². The molecule has 2 aliphatic heterocycles. The van der Waals surface area contributed by atoms with Crippen LogP contribution in [0.25, 0.3) is 0 Å². The van der Waals surface area contributed by atoms with Crippen LogP contribution in [0.4, 0.5) is 39.5 Å². The van der Waals surface area contributed by atoms with Crippen LogP contribution in [0.15, 0.2) is 46.5 Å². The fraction of sp³-hybridized carbons (Fsp3) is 0.400. The fourth-order valence-electron chi connectivity index (χ4n) is 4.57. The molecule has 2 aromatic rings. The van der Waals surface area contributed by atoms with Crippen LogP contribution >= 0.6 is 0 Å². The maximum absolute atomic E-state index is 15.4. The predicted molar refractivity (Wildman–Crippen MR) is 120 cm³/mol. The van der Waals surface area contributed by atoms with Gasteiger partial charge in [-0.25, -0.2) is 13.2 Å². The van der Waals surface area contributed by atoms with E-state index in [9.17, 15) is 35.1 Å². The van der Waals surface area contributed by atoms with Gasteiger partial charge in [0.2, 0.25) is 6.19 Å². The van der Waals surface area contributed by atoms with E-state index < -0.39 is 52.8 Å². The Labute approximate surface area is 216 Å². The van der Waals surface area contributed by atoms with E-state index in [1.54, 1.807) is 24.9 Å². The van der Waals surface area contributed by atoms with E-state index >= 15 is 4.39 Å². The number of nitrogens with zero attached hydrogens (tertiary/aromatic N) is 4. The number of hydrogen-bond acceptors (Lipinski definition) is 4. The van der Waals surface area contributed by atoms with Gasteiger partial charge < -0.3 is 9.74 Å². The number of oxime groups is 1. The quantitative estimate of drug-likeness (QED) is 0.183. The predicted octanol–water partition coefficient (Wildman–Crippen LogP) is 6.58. The van der Waals surface area contributed by atoms with Crippen LogP contribution in [-0.4, -0.2) is 35.7 Å². The molecule has 39 heavy (non-hydrogen) atoms. The smallest absolute Gasteiger partial charge is 0.374 e. The Morgan fingerprint density at radius 1 is 1.05 bits per heavy atom. The standard InChI is InChI=1S/C25H19F9N4O/c1-13(2)21(36-12-35)38-10-22(28,11-38)15-5-3-14(4-6-15)19-9-23(39-37-19,25(32,33)34)16-7-17(24(29,30)31)20(27)18(26)8-16/h3-8,13H,9-11H2,1-2H3. The molecule has 2 aromatic carbocycles. The summed E-state index contributed by atoms with van der Waals surface area (Å²) >= 11 is 0. The van der Waals surface area contributed by atoms with Gasteiger partial charge in [-0.15, -0.1) is 0 Å². The Morgan fingerprint density at radius 3 is 2.18 bits per heavy atom. The van der Waals surface area contributed by atoms with Gasteiger partial charge in [0.15, 0.2) is 17.3 Å². The van der Waals surface area contributed by atoms with E-state index in [1.165, 1.54) is 24.3 Å². The largest absolute Gasteiger partial charge is 0.435 e. The number of aliphatic imine (C=N–C) groups is 1. The molecule has 0 aromatic heterocycles. The second-order valence-corrected chi connectivity index (χ2v) is 9.57. The van der Waals surface area contributed by atoms with E-state index in [4.69, 9.17) is 5.26 Å². The number of alkyl halides is 7. The zero-order valence-electron chi connectivity index (χ0n) is 20.3. The van der Waals surface area contributed by atoms with E-state index in [-0.39, 0.29) is 48.0 Å². The minimum absolute atomic E-state index is 0.00411. The van der Waals surface area contributed by atoms with Crippen molar-refractivity contribution in [3.8, 4) is 6.19 Å². The third-order valence-electron chi connectivity index (χ3n) is 6.61. The molecule has 0 amide bonds. The lowest BCUT2D eigenvalue weighted by Crippen LogP contribution is -2.59. The average Bonchev–Trinajstić information content (AvgIpc) is 3.28. The van der Waals surface area contributed by atoms with Crippen LogP contribution in [0.5, 0.6) is 0 Å². The number of nitriles is 1. The highest BCUT2D eigenvalue weighted by Crippen LogP contribution is 2.50. The summed E-state index contributed by atoms with van der Waals surface area (Å²) in [5.41, 5.74) is -8.97. The van der Waals surface area contributed by atoms with Crippen LogP contribution < -0.4 is 0 Å². The molecule has 5 nitrogen and oxygen atoms in total. The van der Waals surface area contributed by atoms with Gasteiger partial charge in [-0.1, -0.05) is 43.3 Å². The molecule has 14 heteroatoms. The molecule has 2 heterocycles. The van der Waals surface area contributed by atoms with Gasteiger partial charge in [-0.2, -0.15) is 36.6 Å². The Morgan fingerprint density at radius 2 is 1.67 bits per heavy atom. The second-order valence-electron chi connectivity index (χ2n) is 9.57. The Bertz CT molecular complexity index is 1370. The van der Waals surface area contributed by atoms with Crippen LogP contribution in [0, 0.1) is 29.0 Å². The normalized spacial score (nSPS) is 21.4. The van der Waals surface area contributed by atoms with Gasteiger partial charge in [0.25, 0.3) is 5.60 Å². The molecule has 0 bridgehead atoms. The van der Waals surface area contributed by atoms with E-state index in [1.807, 2.05) is 0 Å². The maximum Gasteiger partial charge on any atom is 0.435 e. The SMILES string of the molecule is CC(C)C(=NC#N)N1CC(F)(c2ccc(C3=NOC(c4cc(F)c(F)c(C(F)(F)F)c4)(C(F)(F)F)C3)cc2)C1. The van der Waals surface area contributed by atoms with Gasteiger partial charge in [-0.3, -0.25) is 0 Å². The summed E-state index contributed by atoms with van der Waals surface area (Å²) in [5.74, 6) is -4.19. The van der Waals surface area contributed by atoms with E-state index in [2.05, 4.69) is 15.0 Å². The molecule has 4 rings (SSSR count). The average molecular weight is 562 g/mol. The molecule has 0 aliphatic carbocycles. The minimum Gasteiger partial charge on any atom is -0.374 e. The van der Waals surface area contributed by atoms with Gasteiger partial charge in [0.1, 0.15) is 5.84 Å². The number of amidine groups is 1. The molecule has 0 N–H and O–H groups in total. The second kappa shape index (κ2) is 9.46. The number of hydrogen-bond donors (Lipinski definition) is 0. The summed E-state index contributed by atoms with van der Waals surface area (Å²) in [6.07, 6.45) is -10.3. The van der Waals surface area contributed by atoms with Crippen LogP contribution in [0.1, 0.15) is 42.5 Å². The number of rotatable bonds is 4. The number of halogens is 9. The van der Waals surface area contributed by atoms with Crippen molar-refractivity contribution in [2.24, 2.45) is 16.1 Å². The van der Waals surface area contributed by atoms with Crippen molar-refractivity contribution in [1.82, 2.24) is 4.90 Å². The van der Waals surface area contributed by atoms with Crippen LogP contribution in [0.3, 0.4) is 0 Å². The van der Waals surface area contributed by atoms with Gasteiger partial charge in [0, 0.05) is 17.9 Å². The Kier molecular flexibility index (Phi) is 6.85. The van der Waals surface area contributed by atoms with Crippen LogP contribution in [-0.2, 0) is 22.3 Å². The fourth-order valence-corrected chi connectivity index (χ4v) is 4.57. The first-order chi connectivity index (χ1) is 18.0. The lowest BCUT2D eigenvalue weighted by atomic mass is 9.84. The summed E-state index contributed by atoms with van der Waals surface area (Å²) < 4.78 is 125. The molecule has 1 saturated heterocycles.